The molecule has 2 unspecified atom stereocenters. The number of carbonyl (C=O) groups excluding carboxylic acids is 3. The van der Waals surface area contributed by atoms with Crippen molar-refractivity contribution in [3.63, 3.8) is 0 Å². The van der Waals surface area contributed by atoms with Crippen molar-refractivity contribution in [2.24, 2.45) is 11.8 Å². The molecule has 3 aromatic rings. The fourth-order valence-electron chi connectivity index (χ4n) is 8.81. The lowest BCUT2D eigenvalue weighted by molar-refractivity contribution is -0.142. The van der Waals surface area contributed by atoms with Crippen LogP contribution in [0.5, 0.6) is 0 Å². The van der Waals surface area contributed by atoms with Crippen molar-refractivity contribution in [2.45, 2.75) is 61.6 Å². The van der Waals surface area contributed by atoms with Gasteiger partial charge in [-0.3, -0.25) is 14.4 Å². The number of anilines is 3. The van der Waals surface area contributed by atoms with Gasteiger partial charge in [0.1, 0.15) is 6.04 Å². The van der Waals surface area contributed by atoms with E-state index in [2.05, 4.69) is 38.8 Å². The number of nitrogens with zero attached hydrogens (tertiary/aromatic N) is 4. The Bertz CT molecular complexity index is 1730. The van der Waals surface area contributed by atoms with Crippen molar-refractivity contribution in [2.75, 3.05) is 47.5 Å². The second-order valence-electron chi connectivity index (χ2n) is 14.0. The maximum Gasteiger partial charge on any atom is 0.251 e. The average Bonchev–Trinajstić information content (AvgIpc) is 3.73. The summed E-state index contributed by atoms with van der Waals surface area (Å²) in [6.45, 7) is 16.2. The van der Waals surface area contributed by atoms with Crippen LogP contribution in [0.1, 0.15) is 39.2 Å². The number of thioether (sulfide) groups is 1. The lowest BCUT2D eigenvalue weighted by Crippen LogP contribution is -2.58. The number of hydrogen-bond acceptors (Lipinski definition) is 6. The van der Waals surface area contributed by atoms with Crippen LogP contribution in [0, 0.1) is 11.8 Å². The van der Waals surface area contributed by atoms with Crippen LogP contribution >= 0.6 is 11.8 Å². The van der Waals surface area contributed by atoms with Gasteiger partial charge >= 0.3 is 0 Å². The molecule has 9 heteroatoms. The highest BCUT2D eigenvalue weighted by Gasteiger charge is 2.78. The van der Waals surface area contributed by atoms with Crippen LogP contribution in [-0.4, -0.2) is 82.1 Å². The van der Waals surface area contributed by atoms with Crippen molar-refractivity contribution < 1.29 is 19.5 Å². The van der Waals surface area contributed by atoms with Gasteiger partial charge in [0, 0.05) is 48.0 Å². The van der Waals surface area contributed by atoms with E-state index in [0.29, 0.717) is 31.5 Å². The van der Waals surface area contributed by atoms with Gasteiger partial charge in [-0.1, -0.05) is 60.7 Å². The third-order valence-electron chi connectivity index (χ3n) is 11.1. The van der Waals surface area contributed by atoms with E-state index in [0.717, 1.165) is 30.0 Å². The first-order valence-electron chi connectivity index (χ1n) is 18.1. The molecule has 268 valence electrons. The van der Waals surface area contributed by atoms with E-state index in [9.17, 15) is 9.90 Å². The van der Waals surface area contributed by atoms with Gasteiger partial charge in [-0.15, -0.1) is 24.9 Å². The summed E-state index contributed by atoms with van der Waals surface area (Å²) in [5.41, 5.74) is 3.48. The van der Waals surface area contributed by atoms with Crippen molar-refractivity contribution in [1.29, 1.82) is 0 Å². The summed E-state index contributed by atoms with van der Waals surface area (Å²) in [6, 6.07) is 25.7. The summed E-state index contributed by atoms with van der Waals surface area (Å²) in [7, 11) is 0. The average molecular weight is 707 g/mol. The molecule has 3 heterocycles. The Hall–Kier alpha value is -4.34. The molecule has 6 rings (SSSR count). The van der Waals surface area contributed by atoms with Crippen molar-refractivity contribution >= 4 is 46.5 Å². The molecule has 3 aliphatic heterocycles. The van der Waals surface area contributed by atoms with Crippen LogP contribution in [0.25, 0.3) is 0 Å². The molecular weight excluding hydrogens is 657 g/mol. The van der Waals surface area contributed by atoms with E-state index in [1.807, 2.05) is 84.9 Å². The van der Waals surface area contributed by atoms with Crippen molar-refractivity contribution in [3.05, 3.63) is 116 Å². The molecule has 3 saturated heterocycles. The first-order chi connectivity index (χ1) is 24.7. The second-order valence-corrected chi connectivity index (χ2v) is 15.9. The number of hydrogen-bond donors (Lipinski definition) is 1. The second kappa shape index (κ2) is 15.1. The van der Waals surface area contributed by atoms with Gasteiger partial charge in [-0.05, 0) is 82.0 Å². The summed E-state index contributed by atoms with van der Waals surface area (Å²) in [5, 5.41) is 11.0. The number of fused-ring (bicyclic) bond motifs is 1. The lowest BCUT2D eigenvalue weighted by atomic mass is 9.66. The van der Waals surface area contributed by atoms with Crippen LogP contribution in [0.4, 0.5) is 17.1 Å². The van der Waals surface area contributed by atoms with Crippen molar-refractivity contribution in [1.82, 2.24) is 4.90 Å². The fraction of sp³-hybridized carbons (Fsp3) is 0.405. The van der Waals surface area contributed by atoms with Crippen LogP contribution in [0.2, 0.25) is 0 Å². The standard InChI is InChI=1S/C42H50N4O4S/c1-6-26-44(32-18-14-11-15-19-32)38(48)35-36-39(49)46(34(29-47)28-30-16-12-10-13-17-30)37(42(36)25-24-41(35,5)51-42)40(50)45(27-7-2)33-22-20-31(21-23-33)43(8-3)9-4/h6-7,10-23,34-37,47H,1-2,8-9,24-29H2,3-5H3/t34-,35-,36+,37?,41+,42?/m1/s1. The maximum absolute atomic E-state index is 15.3. The monoisotopic (exact) mass is 706 g/mol. The minimum absolute atomic E-state index is 0.136. The van der Waals surface area contributed by atoms with Crippen LogP contribution in [-0.2, 0) is 20.8 Å². The summed E-state index contributed by atoms with van der Waals surface area (Å²) in [4.78, 5) is 52.7. The van der Waals surface area contributed by atoms with E-state index in [-0.39, 0.29) is 30.9 Å². The SMILES string of the molecule is C=CCN(C(=O)C1N([C@@H](CO)Cc2ccccc2)C(=O)[C@@H]2[C@H](C(=O)N(CC=C)c3ccccc3)[C@]3(C)CCC12S3)c1ccc(N(CC)CC)cc1. The van der Waals surface area contributed by atoms with E-state index in [1.54, 1.807) is 38.6 Å². The third kappa shape index (κ3) is 6.40. The van der Waals surface area contributed by atoms with E-state index in [1.165, 1.54) is 0 Å². The zero-order valence-corrected chi connectivity index (χ0v) is 30.8. The zero-order chi connectivity index (χ0) is 36.3. The maximum atomic E-state index is 15.3. The minimum atomic E-state index is -0.896. The molecule has 3 aromatic carbocycles. The fourth-order valence-corrected chi connectivity index (χ4v) is 11.1. The molecule has 0 aliphatic carbocycles. The first kappa shape index (κ1) is 36.5. The zero-order valence-electron chi connectivity index (χ0n) is 30.0. The van der Waals surface area contributed by atoms with Gasteiger partial charge in [0.2, 0.25) is 11.8 Å². The molecule has 0 aromatic heterocycles. The Morgan fingerprint density at radius 2 is 1.41 bits per heavy atom. The van der Waals surface area contributed by atoms with E-state index >= 15 is 9.59 Å². The summed E-state index contributed by atoms with van der Waals surface area (Å²) < 4.78 is -1.41. The van der Waals surface area contributed by atoms with Gasteiger partial charge < -0.3 is 24.7 Å². The Morgan fingerprint density at radius 3 is 1.98 bits per heavy atom. The first-order valence-corrected chi connectivity index (χ1v) is 18.9. The van der Waals surface area contributed by atoms with Crippen molar-refractivity contribution in [3.8, 4) is 0 Å². The van der Waals surface area contributed by atoms with E-state index in [4.69, 9.17) is 0 Å². The van der Waals surface area contributed by atoms with Crippen LogP contribution in [0.3, 0.4) is 0 Å². The molecule has 8 nitrogen and oxygen atoms in total. The Morgan fingerprint density at radius 1 is 0.863 bits per heavy atom. The highest BCUT2D eigenvalue weighted by Crippen LogP contribution is 2.72. The molecule has 0 radical (unpaired) electrons. The summed E-state index contributed by atoms with van der Waals surface area (Å²) in [5.74, 6) is -1.99. The highest BCUT2D eigenvalue weighted by atomic mass is 32.2. The number of aliphatic hydroxyl groups is 1. The van der Waals surface area contributed by atoms with Crippen LogP contribution in [0.15, 0.2) is 110 Å². The molecule has 3 amide bonds. The third-order valence-corrected chi connectivity index (χ3v) is 13.1. The lowest BCUT2D eigenvalue weighted by Gasteiger charge is -2.40. The number of para-hydroxylation sites is 1. The molecule has 3 fully saturated rings. The smallest absolute Gasteiger partial charge is 0.251 e. The summed E-state index contributed by atoms with van der Waals surface area (Å²) >= 11 is 1.64. The number of aliphatic hydroxyl groups excluding tert-OH is 1. The van der Waals surface area contributed by atoms with Gasteiger partial charge in [0.25, 0.3) is 5.91 Å². The molecule has 1 spiro atoms. The predicted octanol–water partition coefficient (Wildman–Crippen LogP) is 6.36. The molecular formula is C42H50N4O4S. The molecule has 6 atom stereocenters. The molecule has 1 N–H and O–H groups in total. The van der Waals surface area contributed by atoms with Gasteiger partial charge in [0.05, 0.1) is 29.2 Å². The largest absolute Gasteiger partial charge is 0.394 e. The number of rotatable bonds is 15. The highest BCUT2D eigenvalue weighted by molar-refractivity contribution is 8.02. The van der Waals surface area contributed by atoms with Gasteiger partial charge in [-0.25, -0.2) is 0 Å². The molecule has 0 saturated carbocycles. The van der Waals surface area contributed by atoms with Crippen LogP contribution < -0.4 is 14.7 Å². The predicted molar refractivity (Wildman–Crippen MR) is 208 cm³/mol. The topological polar surface area (TPSA) is 84.4 Å². The Labute approximate surface area is 306 Å². The number of carbonyl (C=O) groups is 3. The minimum Gasteiger partial charge on any atom is -0.394 e. The Balaban J connectivity index is 1.46. The molecule has 2 bridgehead atoms. The number of likely N-dealkylation sites (tertiary alicyclic amines) is 1. The quantitative estimate of drug-likeness (QED) is 0.186. The summed E-state index contributed by atoms with van der Waals surface area (Å²) in [6.07, 6.45) is 5.09. The number of benzene rings is 3. The van der Waals surface area contributed by atoms with Gasteiger partial charge in [0.15, 0.2) is 0 Å². The molecule has 3 aliphatic rings. The normalized spacial score (nSPS) is 25.3. The molecule has 51 heavy (non-hydrogen) atoms. The number of amides is 3. The van der Waals surface area contributed by atoms with E-state index < -0.39 is 33.4 Å². The van der Waals surface area contributed by atoms with Gasteiger partial charge in [-0.2, -0.15) is 0 Å². The Kier molecular flexibility index (Phi) is 10.8.